The van der Waals surface area contributed by atoms with Gasteiger partial charge in [-0.1, -0.05) is 56.3 Å². The molecule has 0 atom stereocenters. The number of rotatable bonds is 10. The summed E-state index contributed by atoms with van der Waals surface area (Å²) in [6, 6.07) is 13.9. The summed E-state index contributed by atoms with van der Waals surface area (Å²) in [5.74, 6) is 0.408. The summed E-state index contributed by atoms with van der Waals surface area (Å²) in [6.45, 7) is 3.98. The first-order chi connectivity index (χ1) is 18.3. The van der Waals surface area contributed by atoms with Gasteiger partial charge in [-0.25, -0.2) is 17.9 Å². The number of nitrogens with zero attached hydrogens (tertiary/aromatic N) is 2. The third-order valence-electron chi connectivity index (χ3n) is 6.14. The minimum absolute atomic E-state index is 0.108. The molecule has 2 aromatic heterocycles. The van der Waals surface area contributed by atoms with Crippen LogP contribution < -0.4 is 16.0 Å². The average Bonchev–Trinajstić information content (AvgIpc) is 3.22. The van der Waals surface area contributed by atoms with Crippen LogP contribution in [0.4, 0.5) is 13.2 Å². The van der Waals surface area contributed by atoms with E-state index in [-0.39, 0.29) is 18.1 Å². The zero-order valence-electron chi connectivity index (χ0n) is 21.5. The quantitative estimate of drug-likeness (QED) is 0.203. The largest absolute Gasteiger partial charge is 0.511 e. The normalized spacial score (nSPS) is 12.7. The molecule has 7 nitrogen and oxygen atoms in total. The number of hydrogen-bond acceptors (Lipinski definition) is 6. The van der Waals surface area contributed by atoms with Gasteiger partial charge in [0, 0.05) is 36.3 Å². The Kier molecular flexibility index (Phi) is 8.64. The first-order valence-corrected chi connectivity index (χ1v) is 15.5. The van der Waals surface area contributed by atoms with Crippen LogP contribution in [0.5, 0.6) is 0 Å². The maximum atomic E-state index is 13.3. The highest BCUT2D eigenvalue weighted by atomic mass is 32.2. The number of aromatic nitrogens is 2. The molecule has 0 saturated heterocycles. The van der Waals surface area contributed by atoms with Crippen LogP contribution in [0.1, 0.15) is 30.7 Å². The van der Waals surface area contributed by atoms with E-state index >= 15 is 0 Å². The molecule has 0 radical (unpaired) electrons. The van der Waals surface area contributed by atoms with Gasteiger partial charge in [-0.15, -0.1) is 23.1 Å². The van der Waals surface area contributed by atoms with Crippen LogP contribution in [0, 0.1) is 5.92 Å². The SMILES string of the molecule is CC(C)Cn1c(=O)n(C)c(=O)c2c(SCCCNS(=O)(=O)C(F)(F)F)c(Cc3cccc4ccccc34)sc21. The Labute approximate surface area is 231 Å². The lowest BCUT2D eigenvalue weighted by atomic mass is 10.0. The topological polar surface area (TPSA) is 90.2 Å². The van der Waals surface area contributed by atoms with E-state index in [4.69, 9.17) is 0 Å². The standard InChI is InChI=1S/C26H28F3N3O4S3/c1-16(2)15-32-24-21(23(33)31(3)25(32)34)22(37-13-7-12-30-39(35,36)26(27,28)29)20(38-24)14-18-10-6-9-17-8-4-5-11-19(17)18/h4-6,8-11,16,30H,7,12-15H2,1-3H3. The fourth-order valence-electron chi connectivity index (χ4n) is 4.30. The smallest absolute Gasteiger partial charge is 0.284 e. The molecule has 0 fully saturated rings. The predicted octanol–water partition coefficient (Wildman–Crippen LogP) is 5.08. The van der Waals surface area contributed by atoms with Crippen LogP contribution >= 0.6 is 23.1 Å². The Balaban J connectivity index is 1.75. The maximum absolute atomic E-state index is 13.3. The minimum atomic E-state index is -5.42. The van der Waals surface area contributed by atoms with Gasteiger partial charge in [0.25, 0.3) is 5.56 Å². The Morgan fingerprint density at radius 1 is 1.08 bits per heavy atom. The molecular formula is C26H28F3N3O4S3. The second-order valence-corrected chi connectivity index (χ2v) is 13.5. The molecule has 2 aromatic carbocycles. The summed E-state index contributed by atoms with van der Waals surface area (Å²) in [4.78, 5) is 28.5. The molecule has 0 unspecified atom stereocenters. The van der Waals surface area contributed by atoms with Crippen molar-refractivity contribution in [3.8, 4) is 0 Å². The highest BCUT2D eigenvalue weighted by Crippen LogP contribution is 2.39. The van der Waals surface area contributed by atoms with Crippen molar-refractivity contribution in [2.45, 2.75) is 43.6 Å². The van der Waals surface area contributed by atoms with Gasteiger partial charge < -0.3 is 0 Å². The molecule has 0 aliphatic rings. The number of benzene rings is 2. The van der Waals surface area contributed by atoms with Crippen LogP contribution in [-0.2, 0) is 30.0 Å². The first-order valence-electron chi connectivity index (χ1n) is 12.2. The minimum Gasteiger partial charge on any atom is -0.284 e. The van der Waals surface area contributed by atoms with E-state index in [2.05, 4.69) is 0 Å². The van der Waals surface area contributed by atoms with Crippen LogP contribution in [0.2, 0.25) is 0 Å². The molecule has 39 heavy (non-hydrogen) atoms. The second kappa shape index (κ2) is 11.5. The van der Waals surface area contributed by atoms with Crippen molar-refractivity contribution in [2.24, 2.45) is 13.0 Å². The molecule has 0 aliphatic heterocycles. The number of thioether (sulfide) groups is 1. The first kappa shape index (κ1) is 29.4. The Morgan fingerprint density at radius 3 is 2.46 bits per heavy atom. The fourth-order valence-corrected chi connectivity index (χ4v) is 7.51. The summed E-state index contributed by atoms with van der Waals surface area (Å²) < 4.78 is 64.8. The molecular weight excluding hydrogens is 571 g/mol. The maximum Gasteiger partial charge on any atom is 0.511 e. The lowest BCUT2D eigenvalue weighted by Crippen LogP contribution is -2.38. The molecule has 0 amide bonds. The van der Waals surface area contributed by atoms with Crippen LogP contribution in [0.25, 0.3) is 21.0 Å². The summed E-state index contributed by atoms with van der Waals surface area (Å²) in [5.41, 5.74) is -5.18. The molecule has 0 bridgehead atoms. The van der Waals surface area contributed by atoms with E-state index < -0.39 is 33.3 Å². The van der Waals surface area contributed by atoms with Gasteiger partial charge in [-0.05, 0) is 34.4 Å². The van der Waals surface area contributed by atoms with E-state index in [0.717, 1.165) is 25.8 Å². The number of alkyl halides is 3. The van der Waals surface area contributed by atoms with Crippen molar-refractivity contribution in [3.05, 3.63) is 73.7 Å². The highest BCUT2D eigenvalue weighted by molar-refractivity contribution is 7.99. The number of halogens is 3. The molecule has 210 valence electrons. The summed E-state index contributed by atoms with van der Waals surface area (Å²) in [5, 5.41) is 2.52. The molecule has 13 heteroatoms. The Hall–Kier alpha value is -2.61. The van der Waals surface area contributed by atoms with Crippen LogP contribution in [0.15, 0.2) is 56.9 Å². The molecule has 2 heterocycles. The summed E-state index contributed by atoms with van der Waals surface area (Å²) in [7, 11) is -3.99. The molecule has 4 aromatic rings. The lowest BCUT2D eigenvalue weighted by molar-refractivity contribution is -0.0447. The molecule has 0 aliphatic carbocycles. The number of nitrogens with one attached hydrogen (secondary N) is 1. The van der Waals surface area contributed by atoms with Crippen molar-refractivity contribution in [1.29, 1.82) is 0 Å². The molecule has 1 N–H and O–H groups in total. The van der Waals surface area contributed by atoms with E-state index in [1.165, 1.54) is 30.1 Å². The van der Waals surface area contributed by atoms with Crippen molar-refractivity contribution >= 4 is 54.1 Å². The van der Waals surface area contributed by atoms with E-state index in [9.17, 15) is 31.2 Å². The van der Waals surface area contributed by atoms with Gasteiger partial charge in [0.05, 0.1) is 5.39 Å². The van der Waals surface area contributed by atoms with Crippen molar-refractivity contribution in [1.82, 2.24) is 13.9 Å². The predicted molar refractivity (Wildman–Crippen MR) is 151 cm³/mol. The molecule has 0 spiro atoms. The molecule has 4 rings (SSSR count). The van der Waals surface area contributed by atoms with Gasteiger partial charge in [0.15, 0.2) is 0 Å². The van der Waals surface area contributed by atoms with Gasteiger partial charge >= 0.3 is 21.2 Å². The van der Waals surface area contributed by atoms with Gasteiger partial charge in [-0.2, -0.15) is 13.2 Å². The van der Waals surface area contributed by atoms with E-state index in [0.29, 0.717) is 28.1 Å². The highest BCUT2D eigenvalue weighted by Gasteiger charge is 2.45. The van der Waals surface area contributed by atoms with Crippen molar-refractivity contribution < 1.29 is 21.6 Å². The van der Waals surface area contributed by atoms with Crippen molar-refractivity contribution in [3.63, 3.8) is 0 Å². The summed E-state index contributed by atoms with van der Waals surface area (Å²) in [6.07, 6.45) is 0.597. The number of sulfonamides is 1. The van der Waals surface area contributed by atoms with E-state index in [1.54, 1.807) is 9.29 Å². The van der Waals surface area contributed by atoms with Gasteiger partial charge in [0.1, 0.15) is 4.83 Å². The fraction of sp³-hybridized carbons (Fsp3) is 0.385. The third kappa shape index (κ3) is 6.11. The lowest BCUT2D eigenvalue weighted by Gasteiger charge is -2.12. The van der Waals surface area contributed by atoms with E-state index in [1.807, 2.05) is 56.3 Å². The van der Waals surface area contributed by atoms with Crippen molar-refractivity contribution in [2.75, 3.05) is 12.3 Å². The Morgan fingerprint density at radius 2 is 1.77 bits per heavy atom. The zero-order chi connectivity index (χ0) is 28.5. The van der Waals surface area contributed by atoms with Crippen LogP contribution in [-0.4, -0.2) is 35.4 Å². The number of thiophene rings is 1. The average molecular weight is 600 g/mol. The Bertz CT molecular complexity index is 1730. The monoisotopic (exact) mass is 599 g/mol. The summed E-state index contributed by atoms with van der Waals surface area (Å²) >= 11 is 2.66. The zero-order valence-corrected chi connectivity index (χ0v) is 24.0. The third-order valence-corrected chi connectivity index (χ3v) is 9.91. The van der Waals surface area contributed by atoms with Gasteiger partial charge in [0.2, 0.25) is 0 Å². The second-order valence-electron chi connectivity index (χ2n) is 9.55. The molecule has 0 saturated carbocycles. The van der Waals surface area contributed by atoms with Gasteiger partial charge in [-0.3, -0.25) is 13.9 Å². The number of fused-ring (bicyclic) bond motifs is 2. The number of hydrogen-bond donors (Lipinski definition) is 1. The van der Waals surface area contributed by atoms with Crippen LogP contribution in [0.3, 0.4) is 0 Å².